The summed E-state index contributed by atoms with van der Waals surface area (Å²) >= 11 is 0. The van der Waals surface area contributed by atoms with Gasteiger partial charge in [-0.05, 0) is 32.8 Å². The lowest BCUT2D eigenvalue weighted by molar-refractivity contribution is -0.128. The van der Waals surface area contributed by atoms with Gasteiger partial charge in [0.2, 0.25) is 5.91 Å². The lowest BCUT2D eigenvalue weighted by atomic mass is 10.1. The van der Waals surface area contributed by atoms with Gasteiger partial charge in [0.05, 0.1) is 6.54 Å². The van der Waals surface area contributed by atoms with E-state index < -0.39 is 35.6 Å². The van der Waals surface area contributed by atoms with Crippen molar-refractivity contribution in [2.24, 2.45) is 5.73 Å². The summed E-state index contributed by atoms with van der Waals surface area (Å²) in [5.74, 6) is -0.923. The maximum atomic E-state index is 13.1. The Bertz CT molecular complexity index is 1100. The van der Waals surface area contributed by atoms with Crippen LogP contribution in [-0.2, 0) is 27.4 Å². The third-order valence-corrected chi connectivity index (χ3v) is 5.59. The zero-order valence-corrected chi connectivity index (χ0v) is 21.4. The second-order valence-corrected chi connectivity index (χ2v) is 9.63. The Balaban J connectivity index is 0.00000507. The number of rotatable bonds is 8. The molecule has 3 N–H and O–H groups in total. The van der Waals surface area contributed by atoms with Crippen LogP contribution in [0, 0.1) is 0 Å². The van der Waals surface area contributed by atoms with Crippen molar-refractivity contribution in [1.82, 2.24) is 24.7 Å². The molecule has 0 unspecified atom stereocenters. The number of carbonyl (C=O) groups excluding carboxylic acids is 4. The largest absolute Gasteiger partial charge is 0.445 e. The standard InChI is InChI=1S/C25H34N6O6.CH4/c1-25(2,3)37-23(34)30-14-15-31(24(35)36-17-18-8-5-4-6-9-18)19(16-30)22(33)28-10-7-12-29-13-11-27-21(29)20(26)32;/h4-6,8-9,11,13,19H,7,10,12,14-17H2,1-3H3,(H2,26,32)(H,28,33);1H4/t19-;/m1./s1. The smallest absolute Gasteiger partial charge is 0.410 e. The van der Waals surface area contributed by atoms with Gasteiger partial charge in [-0.1, -0.05) is 37.8 Å². The molecular formula is C26H38N6O6. The highest BCUT2D eigenvalue weighted by Crippen LogP contribution is 2.17. The average Bonchev–Trinajstić information content (AvgIpc) is 3.33. The molecule has 2 heterocycles. The second kappa shape index (κ2) is 13.5. The first-order valence-electron chi connectivity index (χ1n) is 12.1. The number of piperazine rings is 1. The van der Waals surface area contributed by atoms with Gasteiger partial charge in [-0.2, -0.15) is 0 Å². The highest BCUT2D eigenvalue weighted by molar-refractivity contribution is 5.89. The van der Waals surface area contributed by atoms with Crippen LogP contribution in [0.4, 0.5) is 9.59 Å². The van der Waals surface area contributed by atoms with Crippen LogP contribution in [0.25, 0.3) is 0 Å². The van der Waals surface area contributed by atoms with Crippen molar-refractivity contribution in [2.75, 3.05) is 26.2 Å². The molecule has 0 bridgehead atoms. The van der Waals surface area contributed by atoms with Crippen molar-refractivity contribution in [3.05, 3.63) is 54.1 Å². The van der Waals surface area contributed by atoms with E-state index in [1.807, 2.05) is 30.3 Å². The van der Waals surface area contributed by atoms with Gasteiger partial charge in [0.25, 0.3) is 5.91 Å². The van der Waals surface area contributed by atoms with Gasteiger partial charge >= 0.3 is 12.2 Å². The molecule has 0 aliphatic carbocycles. The summed E-state index contributed by atoms with van der Waals surface area (Å²) in [7, 11) is 0. The van der Waals surface area contributed by atoms with Crippen molar-refractivity contribution >= 4 is 24.0 Å². The van der Waals surface area contributed by atoms with Crippen molar-refractivity contribution in [3.8, 4) is 0 Å². The van der Waals surface area contributed by atoms with Crippen molar-refractivity contribution in [3.63, 3.8) is 0 Å². The minimum atomic E-state index is -0.959. The van der Waals surface area contributed by atoms with Gasteiger partial charge in [-0.25, -0.2) is 14.6 Å². The van der Waals surface area contributed by atoms with E-state index in [9.17, 15) is 19.2 Å². The molecule has 1 aromatic carbocycles. The van der Waals surface area contributed by atoms with Gasteiger partial charge in [0.1, 0.15) is 18.2 Å². The van der Waals surface area contributed by atoms with Crippen molar-refractivity contribution in [2.45, 2.75) is 59.4 Å². The number of hydrogen-bond donors (Lipinski definition) is 2. The molecule has 208 valence electrons. The average molecular weight is 531 g/mol. The minimum absolute atomic E-state index is 0. The van der Waals surface area contributed by atoms with E-state index in [1.165, 1.54) is 16.0 Å². The van der Waals surface area contributed by atoms with Crippen LogP contribution >= 0.6 is 0 Å². The number of imidazole rings is 1. The molecule has 1 aliphatic heterocycles. The maximum Gasteiger partial charge on any atom is 0.410 e. The molecule has 38 heavy (non-hydrogen) atoms. The second-order valence-electron chi connectivity index (χ2n) is 9.63. The van der Waals surface area contributed by atoms with E-state index in [2.05, 4.69) is 10.3 Å². The Hall–Kier alpha value is -4.09. The van der Waals surface area contributed by atoms with E-state index >= 15 is 0 Å². The third kappa shape index (κ3) is 8.49. The molecule has 12 nitrogen and oxygen atoms in total. The maximum absolute atomic E-state index is 13.1. The number of nitrogens with two attached hydrogens (primary N) is 1. The van der Waals surface area contributed by atoms with E-state index in [1.54, 1.807) is 31.5 Å². The summed E-state index contributed by atoms with van der Waals surface area (Å²) in [4.78, 5) is 56.8. The normalized spacial score (nSPS) is 15.3. The fourth-order valence-electron chi connectivity index (χ4n) is 3.81. The number of aryl methyl sites for hydroxylation is 1. The lowest BCUT2D eigenvalue weighted by Gasteiger charge is -2.40. The molecule has 1 atom stereocenters. The monoisotopic (exact) mass is 530 g/mol. The summed E-state index contributed by atoms with van der Waals surface area (Å²) in [6.07, 6.45) is 2.40. The van der Waals surface area contributed by atoms with E-state index in [-0.39, 0.29) is 46.0 Å². The van der Waals surface area contributed by atoms with E-state index in [4.69, 9.17) is 15.2 Å². The number of primary amides is 1. The Morgan fingerprint density at radius 2 is 1.82 bits per heavy atom. The van der Waals surface area contributed by atoms with Crippen LogP contribution in [-0.4, -0.2) is 81.2 Å². The molecule has 2 aromatic rings. The predicted molar refractivity (Wildman–Crippen MR) is 140 cm³/mol. The summed E-state index contributed by atoms with van der Waals surface area (Å²) in [6, 6.07) is 8.26. The van der Waals surface area contributed by atoms with Crippen molar-refractivity contribution in [1.29, 1.82) is 0 Å². The summed E-state index contributed by atoms with van der Waals surface area (Å²) in [5.41, 5.74) is 5.43. The first-order valence-corrected chi connectivity index (χ1v) is 12.1. The number of aromatic nitrogens is 2. The molecule has 4 amide bonds. The van der Waals surface area contributed by atoms with Gasteiger partial charge in [0.15, 0.2) is 5.82 Å². The molecule has 12 heteroatoms. The fourth-order valence-corrected chi connectivity index (χ4v) is 3.81. The van der Waals surface area contributed by atoms with Gasteiger partial charge in [0, 0.05) is 38.6 Å². The van der Waals surface area contributed by atoms with Crippen LogP contribution in [0.5, 0.6) is 0 Å². The summed E-state index contributed by atoms with van der Waals surface area (Å²) in [6.45, 7) is 6.31. The highest BCUT2D eigenvalue weighted by atomic mass is 16.6. The number of amides is 4. The minimum Gasteiger partial charge on any atom is -0.445 e. The van der Waals surface area contributed by atoms with Crippen LogP contribution < -0.4 is 11.1 Å². The van der Waals surface area contributed by atoms with E-state index in [0.29, 0.717) is 13.0 Å². The molecule has 1 fully saturated rings. The number of benzene rings is 1. The topological polar surface area (TPSA) is 149 Å². The number of hydrogen-bond acceptors (Lipinski definition) is 7. The number of nitrogens with zero attached hydrogens (tertiary/aromatic N) is 4. The molecule has 0 radical (unpaired) electrons. The van der Waals surface area contributed by atoms with Gasteiger partial charge in [-0.15, -0.1) is 0 Å². The van der Waals surface area contributed by atoms with Gasteiger partial charge < -0.3 is 30.0 Å². The Morgan fingerprint density at radius 3 is 2.47 bits per heavy atom. The first-order chi connectivity index (χ1) is 17.5. The van der Waals surface area contributed by atoms with Crippen LogP contribution in [0.1, 0.15) is 50.8 Å². The summed E-state index contributed by atoms with van der Waals surface area (Å²) < 4.78 is 12.5. The van der Waals surface area contributed by atoms with E-state index in [0.717, 1.165) is 5.56 Å². The third-order valence-electron chi connectivity index (χ3n) is 5.59. The van der Waals surface area contributed by atoms with Crippen LogP contribution in [0.2, 0.25) is 0 Å². The number of ether oxygens (including phenoxy) is 2. The van der Waals surface area contributed by atoms with Gasteiger partial charge in [-0.3, -0.25) is 14.5 Å². The van der Waals surface area contributed by atoms with Crippen LogP contribution in [0.3, 0.4) is 0 Å². The zero-order chi connectivity index (χ0) is 27.0. The SMILES string of the molecule is C.CC(C)(C)OC(=O)N1CCN(C(=O)OCc2ccccc2)[C@@H](C(=O)NCCCn2ccnc2C(N)=O)C1. The Morgan fingerprint density at radius 1 is 1.11 bits per heavy atom. The number of nitrogens with one attached hydrogen (secondary N) is 1. The lowest BCUT2D eigenvalue weighted by Crippen LogP contribution is -2.62. The molecule has 1 aromatic heterocycles. The Kier molecular flexibility index (Phi) is 10.7. The molecule has 3 rings (SSSR count). The quantitative estimate of drug-likeness (QED) is 0.498. The number of carbonyl (C=O) groups is 4. The zero-order valence-electron chi connectivity index (χ0n) is 21.4. The predicted octanol–water partition coefficient (Wildman–Crippen LogP) is 2.38. The molecule has 1 saturated heterocycles. The first kappa shape index (κ1) is 30.1. The molecule has 0 spiro atoms. The molecule has 1 aliphatic rings. The summed E-state index contributed by atoms with van der Waals surface area (Å²) in [5, 5.41) is 2.81. The Labute approximate surface area is 223 Å². The fraction of sp³-hybridized carbons (Fsp3) is 0.500. The van der Waals surface area contributed by atoms with Crippen LogP contribution in [0.15, 0.2) is 42.7 Å². The molecular weight excluding hydrogens is 492 g/mol. The molecule has 0 saturated carbocycles. The van der Waals surface area contributed by atoms with Crippen molar-refractivity contribution < 1.29 is 28.7 Å². The highest BCUT2D eigenvalue weighted by Gasteiger charge is 2.39.